The smallest absolute Gasteiger partial charge is 0.255 e. The summed E-state index contributed by atoms with van der Waals surface area (Å²) in [4.78, 5) is 19.0. The quantitative estimate of drug-likeness (QED) is 0.372. The summed E-state index contributed by atoms with van der Waals surface area (Å²) in [5.74, 6) is -0.551. The van der Waals surface area contributed by atoms with Gasteiger partial charge in [-0.05, 0) is 78.2 Å². The van der Waals surface area contributed by atoms with Crippen LogP contribution in [0.5, 0.6) is 0 Å². The minimum atomic E-state index is -0.298. The monoisotopic (exact) mass is 429 g/mol. The van der Waals surface area contributed by atoms with Crippen molar-refractivity contribution in [2.24, 2.45) is 0 Å². The van der Waals surface area contributed by atoms with Crippen molar-refractivity contribution in [3.8, 4) is 11.1 Å². The van der Waals surface area contributed by atoms with Gasteiger partial charge in [-0.2, -0.15) is 0 Å². The third-order valence-electron chi connectivity index (χ3n) is 4.68. The maximum absolute atomic E-state index is 13.2. The second kappa shape index (κ2) is 9.02. The number of benzene rings is 3. The van der Waals surface area contributed by atoms with E-state index < -0.39 is 0 Å². The molecule has 1 aromatic heterocycles. The van der Waals surface area contributed by atoms with E-state index in [1.165, 1.54) is 12.1 Å². The Hall–Kier alpha value is -3.64. The van der Waals surface area contributed by atoms with Gasteiger partial charge < -0.3 is 11.1 Å². The molecule has 0 spiro atoms. The van der Waals surface area contributed by atoms with Crippen molar-refractivity contribution in [2.45, 2.75) is 16.7 Å². The molecule has 0 fully saturated rings. The first kappa shape index (κ1) is 20.6. The van der Waals surface area contributed by atoms with Gasteiger partial charge in [0.2, 0.25) is 0 Å². The lowest BCUT2D eigenvalue weighted by Gasteiger charge is -2.11. The molecule has 0 aliphatic rings. The molecule has 4 aromatic rings. The Morgan fingerprint density at radius 2 is 1.61 bits per heavy atom. The van der Waals surface area contributed by atoms with E-state index in [1.807, 2.05) is 37.5 Å². The molecule has 1 amide bonds. The summed E-state index contributed by atoms with van der Waals surface area (Å²) in [7, 11) is 0. The number of nitrogen functional groups attached to an aromatic ring is 1. The van der Waals surface area contributed by atoms with Crippen molar-refractivity contribution in [1.29, 1.82) is 0 Å². The molecule has 1 heterocycles. The van der Waals surface area contributed by atoms with Gasteiger partial charge in [0, 0.05) is 27.7 Å². The average molecular weight is 430 g/mol. The van der Waals surface area contributed by atoms with E-state index in [0.717, 1.165) is 26.5 Å². The minimum Gasteiger partial charge on any atom is -0.397 e. The number of nitrogens with two attached hydrogens (primary N) is 1. The molecule has 154 valence electrons. The molecule has 0 saturated heterocycles. The molecule has 3 aromatic carbocycles. The van der Waals surface area contributed by atoms with E-state index in [2.05, 4.69) is 16.4 Å². The molecule has 0 aliphatic carbocycles. The van der Waals surface area contributed by atoms with Crippen molar-refractivity contribution in [1.82, 2.24) is 4.98 Å². The van der Waals surface area contributed by atoms with Gasteiger partial charge in [-0.25, -0.2) is 4.39 Å². The van der Waals surface area contributed by atoms with E-state index >= 15 is 0 Å². The normalized spacial score (nSPS) is 10.6. The van der Waals surface area contributed by atoms with Crippen LogP contribution in [0, 0.1) is 12.7 Å². The van der Waals surface area contributed by atoms with Gasteiger partial charge in [-0.15, -0.1) is 0 Å². The molecular weight excluding hydrogens is 409 g/mol. The number of hydrogen-bond acceptors (Lipinski definition) is 4. The van der Waals surface area contributed by atoms with Crippen LogP contribution in [0.2, 0.25) is 0 Å². The summed E-state index contributed by atoms with van der Waals surface area (Å²) < 4.78 is 13.2. The lowest BCUT2D eigenvalue weighted by atomic mass is 10.0. The van der Waals surface area contributed by atoms with E-state index in [-0.39, 0.29) is 11.7 Å². The summed E-state index contributed by atoms with van der Waals surface area (Å²) in [6.07, 6.45) is 3.63. The Labute approximate surface area is 184 Å². The first-order valence-corrected chi connectivity index (χ1v) is 10.5. The summed E-state index contributed by atoms with van der Waals surface area (Å²) in [6, 6.07) is 21.0. The SMILES string of the molecule is Cc1cncc(Sc2ccc(C(=O)Nc3cc(-c4ccc(F)cc4)ccc3N)cc2)c1. The van der Waals surface area contributed by atoms with E-state index in [1.54, 1.807) is 48.2 Å². The van der Waals surface area contributed by atoms with Crippen molar-refractivity contribution in [2.75, 3.05) is 11.1 Å². The summed E-state index contributed by atoms with van der Waals surface area (Å²) in [5, 5.41) is 2.87. The second-order valence-corrected chi connectivity index (χ2v) is 8.23. The van der Waals surface area contributed by atoms with Crippen LogP contribution in [0.3, 0.4) is 0 Å². The van der Waals surface area contributed by atoms with Crippen molar-refractivity contribution >= 4 is 29.0 Å². The van der Waals surface area contributed by atoms with Gasteiger partial charge in [0.25, 0.3) is 5.91 Å². The van der Waals surface area contributed by atoms with Gasteiger partial charge in [-0.3, -0.25) is 9.78 Å². The van der Waals surface area contributed by atoms with Crippen LogP contribution in [0.25, 0.3) is 11.1 Å². The second-order valence-electron chi connectivity index (χ2n) is 7.09. The van der Waals surface area contributed by atoms with Gasteiger partial charge in [-0.1, -0.05) is 30.0 Å². The number of carbonyl (C=O) groups excluding carboxylic acids is 1. The predicted molar refractivity (Wildman–Crippen MR) is 124 cm³/mol. The van der Waals surface area contributed by atoms with Crippen LogP contribution in [0.1, 0.15) is 15.9 Å². The third kappa shape index (κ3) is 5.10. The molecule has 3 N–H and O–H groups in total. The molecule has 0 atom stereocenters. The van der Waals surface area contributed by atoms with Crippen LogP contribution in [0.4, 0.5) is 15.8 Å². The van der Waals surface area contributed by atoms with E-state index in [9.17, 15) is 9.18 Å². The molecule has 0 radical (unpaired) electrons. The predicted octanol–water partition coefficient (Wildman–Crippen LogP) is 6.18. The summed E-state index contributed by atoms with van der Waals surface area (Å²) in [5.41, 5.74) is 10.3. The standard InChI is InChI=1S/C25H20FN3OS/c1-16-12-22(15-28-14-16)31-21-9-4-18(5-10-21)25(30)29-24-13-19(6-11-23(24)27)17-2-7-20(26)8-3-17/h2-15H,27H2,1H3,(H,29,30). The largest absolute Gasteiger partial charge is 0.397 e. The van der Waals surface area contributed by atoms with Crippen LogP contribution in [-0.4, -0.2) is 10.9 Å². The van der Waals surface area contributed by atoms with Crippen molar-refractivity contribution in [3.63, 3.8) is 0 Å². The Morgan fingerprint density at radius 3 is 2.32 bits per heavy atom. The fourth-order valence-corrected chi connectivity index (χ4v) is 3.98. The number of anilines is 2. The zero-order valence-corrected chi connectivity index (χ0v) is 17.6. The number of halogens is 1. The first-order valence-electron chi connectivity index (χ1n) is 9.64. The van der Waals surface area contributed by atoms with Crippen molar-refractivity contribution in [3.05, 3.63) is 102 Å². The molecule has 0 aliphatic heterocycles. The highest BCUT2D eigenvalue weighted by Gasteiger charge is 2.10. The molecule has 0 unspecified atom stereocenters. The summed E-state index contributed by atoms with van der Waals surface area (Å²) >= 11 is 1.59. The highest BCUT2D eigenvalue weighted by Crippen LogP contribution is 2.29. The summed E-state index contributed by atoms with van der Waals surface area (Å²) in [6.45, 7) is 2.00. The van der Waals surface area contributed by atoms with Gasteiger partial charge in [0.05, 0.1) is 11.4 Å². The molecular formula is C25H20FN3OS. The maximum Gasteiger partial charge on any atom is 0.255 e. The molecule has 4 rings (SSSR count). The Bertz CT molecular complexity index is 1220. The number of aromatic nitrogens is 1. The van der Waals surface area contributed by atoms with Gasteiger partial charge in [0.15, 0.2) is 0 Å². The highest BCUT2D eigenvalue weighted by molar-refractivity contribution is 7.99. The molecule has 31 heavy (non-hydrogen) atoms. The fraction of sp³-hybridized carbons (Fsp3) is 0.0400. The average Bonchev–Trinajstić information content (AvgIpc) is 2.76. The van der Waals surface area contributed by atoms with Crippen LogP contribution in [0.15, 0.2) is 95.0 Å². The number of amides is 1. The first-order chi connectivity index (χ1) is 15.0. The van der Waals surface area contributed by atoms with Crippen molar-refractivity contribution < 1.29 is 9.18 Å². The molecule has 4 nitrogen and oxygen atoms in total. The number of carbonyl (C=O) groups is 1. The van der Waals surface area contributed by atoms with Crippen LogP contribution < -0.4 is 11.1 Å². The Morgan fingerprint density at radius 1 is 0.903 bits per heavy atom. The number of rotatable bonds is 5. The number of nitrogens with one attached hydrogen (secondary N) is 1. The lowest BCUT2D eigenvalue weighted by Crippen LogP contribution is -2.13. The number of hydrogen-bond donors (Lipinski definition) is 2. The highest BCUT2D eigenvalue weighted by atomic mass is 32.2. The molecule has 6 heteroatoms. The topological polar surface area (TPSA) is 68.0 Å². The number of aryl methyl sites for hydroxylation is 1. The molecule has 0 bridgehead atoms. The maximum atomic E-state index is 13.2. The fourth-order valence-electron chi connectivity index (χ4n) is 3.07. The Balaban J connectivity index is 1.49. The molecule has 0 saturated carbocycles. The van der Waals surface area contributed by atoms with Crippen LogP contribution >= 0.6 is 11.8 Å². The Kier molecular flexibility index (Phi) is 6.00. The number of nitrogens with zero attached hydrogens (tertiary/aromatic N) is 1. The van der Waals surface area contributed by atoms with E-state index in [0.29, 0.717) is 16.9 Å². The third-order valence-corrected chi connectivity index (χ3v) is 5.65. The van der Waals surface area contributed by atoms with Crippen LogP contribution in [-0.2, 0) is 0 Å². The van der Waals surface area contributed by atoms with Gasteiger partial charge in [0.1, 0.15) is 5.82 Å². The lowest BCUT2D eigenvalue weighted by molar-refractivity contribution is 0.102. The minimum absolute atomic E-state index is 0.253. The number of pyridine rings is 1. The zero-order valence-electron chi connectivity index (χ0n) is 16.8. The zero-order chi connectivity index (χ0) is 21.8. The van der Waals surface area contributed by atoms with E-state index in [4.69, 9.17) is 5.73 Å². The van der Waals surface area contributed by atoms with Gasteiger partial charge >= 0.3 is 0 Å².